The first kappa shape index (κ1) is 18.7. The predicted octanol–water partition coefficient (Wildman–Crippen LogP) is 5.76. The van der Waals surface area contributed by atoms with Gasteiger partial charge in [-0.25, -0.2) is 0 Å². The van der Waals surface area contributed by atoms with Crippen molar-refractivity contribution in [1.82, 2.24) is 15.0 Å². The lowest BCUT2D eigenvalue weighted by molar-refractivity contribution is 0.407. The predicted molar refractivity (Wildman–Crippen MR) is 115 cm³/mol. The van der Waals surface area contributed by atoms with Crippen molar-refractivity contribution < 1.29 is 0 Å². The Balaban J connectivity index is 1.82. The molecule has 3 aromatic rings. The first-order valence-corrected chi connectivity index (χ1v) is 10.1. The van der Waals surface area contributed by atoms with Gasteiger partial charge in [-0.05, 0) is 69.0 Å². The van der Waals surface area contributed by atoms with Gasteiger partial charge in [0.05, 0.1) is 0 Å². The fourth-order valence-corrected chi connectivity index (χ4v) is 4.05. The van der Waals surface area contributed by atoms with Crippen LogP contribution in [0.5, 0.6) is 0 Å². The summed E-state index contributed by atoms with van der Waals surface area (Å²) in [4.78, 5) is 18.1. The lowest BCUT2D eigenvalue weighted by Crippen LogP contribution is -2.45. The molecule has 2 atom stereocenters. The molecule has 0 saturated carbocycles. The molecule has 0 aliphatic carbocycles. The molecule has 0 amide bonds. The molecule has 1 aliphatic heterocycles. The van der Waals surface area contributed by atoms with Gasteiger partial charge < -0.3 is 4.90 Å². The Morgan fingerprint density at radius 1 is 0.821 bits per heavy atom. The van der Waals surface area contributed by atoms with E-state index in [9.17, 15) is 0 Å². The third kappa shape index (κ3) is 3.80. The van der Waals surface area contributed by atoms with E-state index in [4.69, 9.17) is 16.6 Å². The van der Waals surface area contributed by atoms with E-state index >= 15 is 0 Å². The first-order chi connectivity index (χ1) is 13.6. The third-order valence-corrected chi connectivity index (χ3v) is 5.41. The smallest absolute Gasteiger partial charge is 0.240 e. The number of piperidine rings is 1. The lowest BCUT2D eigenvalue weighted by atomic mass is 9.98. The average Bonchev–Trinajstić information content (AvgIpc) is 2.69. The minimum Gasteiger partial charge on any atom is -0.335 e. The molecule has 144 valence electrons. The van der Waals surface area contributed by atoms with Gasteiger partial charge in [0, 0.05) is 23.5 Å². The summed E-state index contributed by atoms with van der Waals surface area (Å²) in [7, 11) is 0. The standard InChI is InChI=1S/C22H24ClN5/c1-16-10-9-11-17(2)27(16)21-24-20(23)25-22(26-21)28(18-12-5-3-6-13-18)19-14-7-4-8-15-19/h3-8,12-17H,9-11H2,1-2H3. The van der Waals surface area contributed by atoms with Crippen LogP contribution in [0.4, 0.5) is 23.3 Å². The van der Waals surface area contributed by atoms with Crippen LogP contribution < -0.4 is 9.80 Å². The zero-order chi connectivity index (χ0) is 19.5. The van der Waals surface area contributed by atoms with Crippen molar-refractivity contribution in [1.29, 1.82) is 0 Å². The quantitative estimate of drug-likeness (QED) is 0.563. The van der Waals surface area contributed by atoms with Crippen molar-refractivity contribution in [2.45, 2.75) is 45.2 Å². The van der Waals surface area contributed by atoms with Crippen LogP contribution in [0, 0.1) is 0 Å². The van der Waals surface area contributed by atoms with Gasteiger partial charge in [-0.15, -0.1) is 0 Å². The molecule has 5 nitrogen and oxygen atoms in total. The van der Waals surface area contributed by atoms with E-state index in [2.05, 4.69) is 28.7 Å². The maximum Gasteiger partial charge on any atom is 0.240 e. The summed E-state index contributed by atoms with van der Waals surface area (Å²) in [6, 6.07) is 20.9. The number of para-hydroxylation sites is 2. The van der Waals surface area contributed by atoms with E-state index in [0.717, 1.165) is 24.2 Å². The van der Waals surface area contributed by atoms with Gasteiger partial charge in [0.2, 0.25) is 17.2 Å². The van der Waals surface area contributed by atoms with Crippen LogP contribution >= 0.6 is 11.6 Å². The van der Waals surface area contributed by atoms with E-state index in [1.54, 1.807) is 0 Å². The van der Waals surface area contributed by atoms with Crippen LogP contribution in [0.25, 0.3) is 0 Å². The number of rotatable bonds is 4. The number of aromatic nitrogens is 3. The maximum atomic E-state index is 6.37. The van der Waals surface area contributed by atoms with Crippen molar-refractivity contribution in [2.24, 2.45) is 0 Å². The molecule has 1 saturated heterocycles. The number of hydrogen-bond donors (Lipinski definition) is 0. The van der Waals surface area contributed by atoms with E-state index in [-0.39, 0.29) is 5.28 Å². The number of nitrogens with zero attached hydrogens (tertiary/aromatic N) is 5. The van der Waals surface area contributed by atoms with Crippen molar-refractivity contribution in [3.05, 3.63) is 65.9 Å². The molecule has 6 heteroatoms. The van der Waals surface area contributed by atoms with Crippen LogP contribution in [-0.2, 0) is 0 Å². The number of benzene rings is 2. The molecule has 2 aromatic carbocycles. The van der Waals surface area contributed by atoms with E-state index in [0.29, 0.717) is 24.0 Å². The normalized spacial score (nSPS) is 19.5. The van der Waals surface area contributed by atoms with Gasteiger partial charge in [-0.2, -0.15) is 15.0 Å². The minimum absolute atomic E-state index is 0.210. The Hall–Kier alpha value is -2.66. The molecule has 1 aromatic heterocycles. The number of hydrogen-bond acceptors (Lipinski definition) is 5. The monoisotopic (exact) mass is 393 g/mol. The summed E-state index contributed by atoms with van der Waals surface area (Å²) >= 11 is 6.37. The number of halogens is 1. The molecule has 28 heavy (non-hydrogen) atoms. The highest BCUT2D eigenvalue weighted by Gasteiger charge is 2.28. The molecule has 0 N–H and O–H groups in total. The Kier molecular flexibility index (Phi) is 5.44. The Morgan fingerprint density at radius 2 is 1.36 bits per heavy atom. The SMILES string of the molecule is CC1CCCC(C)N1c1nc(Cl)nc(N(c2ccccc2)c2ccccc2)n1. The van der Waals surface area contributed by atoms with Gasteiger partial charge in [0.15, 0.2) is 0 Å². The van der Waals surface area contributed by atoms with Gasteiger partial charge in [0.25, 0.3) is 0 Å². The minimum atomic E-state index is 0.210. The van der Waals surface area contributed by atoms with Crippen molar-refractivity contribution >= 4 is 34.9 Å². The van der Waals surface area contributed by atoms with Crippen LogP contribution in [0.2, 0.25) is 5.28 Å². The highest BCUT2D eigenvalue weighted by Crippen LogP contribution is 2.34. The van der Waals surface area contributed by atoms with E-state index in [1.165, 1.54) is 6.42 Å². The highest BCUT2D eigenvalue weighted by molar-refractivity contribution is 6.28. The topological polar surface area (TPSA) is 45.2 Å². The van der Waals surface area contributed by atoms with Crippen LogP contribution in [0.3, 0.4) is 0 Å². The number of anilines is 4. The Bertz CT molecular complexity index is 869. The second kappa shape index (κ2) is 8.15. The van der Waals surface area contributed by atoms with Crippen molar-refractivity contribution in [3.63, 3.8) is 0 Å². The molecule has 0 spiro atoms. The van der Waals surface area contributed by atoms with E-state index < -0.39 is 0 Å². The zero-order valence-electron chi connectivity index (χ0n) is 16.2. The molecule has 2 heterocycles. The fraction of sp³-hybridized carbons (Fsp3) is 0.318. The molecular formula is C22H24ClN5. The summed E-state index contributed by atoms with van der Waals surface area (Å²) in [5.74, 6) is 1.17. The highest BCUT2D eigenvalue weighted by atomic mass is 35.5. The summed E-state index contributed by atoms with van der Waals surface area (Å²) in [6.45, 7) is 4.44. The van der Waals surface area contributed by atoms with Crippen LogP contribution in [-0.4, -0.2) is 27.0 Å². The molecule has 1 aliphatic rings. The zero-order valence-corrected chi connectivity index (χ0v) is 16.9. The van der Waals surface area contributed by atoms with Crippen LogP contribution in [0.1, 0.15) is 33.1 Å². The summed E-state index contributed by atoms with van der Waals surface area (Å²) in [5, 5.41) is 0.210. The summed E-state index contributed by atoms with van der Waals surface area (Å²) < 4.78 is 0. The maximum absolute atomic E-state index is 6.37. The summed E-state index contributed by atoms with van der Waals surface area (Å²) in [5.41, 5.74) is 1.95. The second-order valence-electron chi connectivity index (χ2n) is 7.25. The second-order valence-corrected chi connectivity index (χ2v) is 7.59. The van der Waals surface area contributed by atoms with Gasteiger partial charge in [-0.1, -0.05) is 36.4 Å². The Labute approximate surface area is 171 Å². The van der Waals surface area contributed by atoms with Gasteiger partial charge in [-0.3, -0.25) is 4.90 Å². The summed E-state index contributed by atoms with van der Waals surface area (Å²) in [6.07, 6.45) is 3.48. The molecule has 0 radical (unpaired) electrons. The molecule has 2 unspecified atom stereocenters. The lowest BCUT2D eigenvalue weighted by Gasteiger charge is -2.39. The van der Waals surface area contributed by atoms with Crippen LogP contribution in [0.15, 0.2) is 60.7 Å². The molecule has 0 bridgehead atoms. The largest absolute Gasteiger partial charge is 0.335 e. The molecular weight excluding hydrogens is 370 g/mol. The van der Waals surface area contributed by atoms with Crippen molar-refractivity contribution in [2.75, 3.05) is 9.80 Å². The Morgan fingerprint density at radius 3 is 1.89 bits per heavy atom. The fourth-order valence-electron chi connectivity index (χ4n) is 3.89. The van der Waals surface area contributed by atoms with Gasteiger partial charge >= 0.3 is 0 Å². The first-order valence-electron chi connectivity index (χ1n) is 9.73. The van der Waals surface area contributed by atoms with E-state index in [1.807, 2.05) is 65.6 Å². The van der Waals surface area contributed by atoms with Gasteiger partial charge in [0.1, 0.15) is 0 Å². The molecule has 1 fully saturated rings. The van der Waals surface area contributed by atoms with Crippen molar-refractivity contribution in [3.8, 4) is 0 Å². The average molecular weight is 394 g/mol. The molecule has 4 rings (SSSR count). The third-order valence-electron chi connectivity index (χ3n) is 5.24.